The second kappa shape index (κ2) is 60.6. The van der Waals surface area contributed by atoms with E-state index in [1.807, 2.05) is 6.08 Å². The molecule has 0 aliphatic rings. The molecule has 0 spiro atoms. The number of ether oxygens (including phenoxy) is 1. The van der Waals surface area contributed by atoms with E-state index in [0.29, 0.717) is 19.4 Å². The maximum absolute atomic E-state index is 12.4. The van der Waals surface area contributed by atoms with Crippen molar-refractivity contribution >= 4 is 11.9 Å². The van der Waals surface area contributed by atoms with Crippen LogP contribution in [0.2, 0.25) is 0 Å². The summed E-state index contributed by atoms with van der Waals surface area (Å²) in [7, 11) is 0. The number of hydrogen-bond donors (Lipinski definition) is 3. The number of unbranched alkanes of at least 4 members (excludes halogenated alkanes) is 44. The topological polar surface area (TPSA) is 95.9 Å². The zero-order chi connectivity index (χ0) is 51.4. The Morgan fingerprint density at radius 2 is 0.662 bits per heavy atom. The average molecular weight is 999 g/mol. The highest BCUT2D eigenvalue weighted by Crippen LogP contribution is 2.17. The fourth-order valence-corrected chi connectivity index (χ4v) is 9.74. The van der Waals surface area contributed by atoms with E-state index in [2.05, 4.69) is 43.5 Å². The van der Waals surface area contributed by atoms with Crippen molar-refractivity contribution < 1.29 is 24.5 Å². The fourth-order valence-electron chi connectivity index (χ4n) is 9.74. The number of nitrogens with one attached hydrogen (secondary N) is 1. The van der Waals surface area contributed by atoms with Crippen LogP contribution >= 0.6 is 0 Å². The molecule has 0 aliphatic carbocycles. The minimum Gasteiger partial charge on any atom is -0.466 e. The van der Waals surface area contributed by atoms with Gasteiger partial charge >= 0.3 is 5.97 Å². The molecule has 0 fully saturated rings. The molecule has 1 amide bonds. The van der Waals surface area contributed by atoms with Gasteiger partial charge in [-0.25, -0.2) is 0 Å². The van der Waals surface area contributed by atoms with Crippen molar-refractivity contribution in [2.24, 2.45) is 0 Å². The molecule has 0 bridgehead atoms. The molecule has 0 aromatic heterocycles. The maximum Gasteiger partial charge on any atom is 0.305 e. The molecule has 2 atom stereocenters. The largest absolute Gasteiger partial charge is 0.466 e. The van der Waals surface area contributed by atoms with E-state index < -0.39 is 12.1 Å². The van der Waals surface area contributed by atoms with E-state index in [1.54, 1.807) is 6.08 Å². The van der Waals surface area contributed by atoms with Gasteiger partial charge in [-0.3, -0.25) is 9.59 Å². The minimum absolute atomic E-state index is 0.0134. The molecule has 0 heterocycles. The average Bonchev–Trinajstić information content (AvgIpc) is 3.37. The third-order valence-electron chi connectivity index (χ3n) is 14.6. The van der Waals surface area contributed by atoms with Gasteiger partial charge in [0.15, 0.2) is 0 Å². The van der Waals surface area contributed by atoms with E-state index in [1.165, 1.54) is 270 Å². The Morgan fingerprint density at radius 3 is 1.00 bits per heavy atom. The summed E-state index contributed by atoms with van der Waals surface area (Å²) in [5.41, 5.74) is 0. The van der Waals surface area contributed by atoms with Crippen molar-refractivity contribution in [3.05, 3.63) is 36.5 Å². The lowest BCUT2D eigenvalue weighted by molar-refractivity contribution is -0.143. The van der Waals surface area contributed by atoms with E-state index in [9.17, 15) is 19.8 Å². The summed E-state index contributed by atoms with van der Waals surface area (Å²) >= 11 is 0. The van der Waals surface area contributed by atoms with Gasteiger partial charge in [0, 0.05) is 12.8 Å². The van der Waals surface area contributed by atoms with Crippen LogP contribution in [0.4, 0.5) is 0 Å². The molecule has 6 heteroatoms. The maximum atomic E-state index is 12.4. The first-order valence-electron chi connectivity index (χ1n) is 31.8. The molecule has 71 heavy (non-hydrogen) atoms. The molecule has 3 N–H and O–H groups in total. The lowest BCUT2D eigenvalue weighted by Crippen LogP contribution is -2.45. The van der Waals surface area contributed by atoms with Gasteiger partial charge in [0.1, 0.15) is 0 Å². The summed E-state index contributed by atoms with van der Waals surface area (Å²) in [6.07, 6.45) is 76.4. The Hall–Kier alpha value is -1.92. The molecular weight excluding hydrogens is 875 g/mol. The van der Waals surface area contributed by atoms with Crippen molar-refractivity contribution in [3.63, 3.8) is 0 Å². The van der Waals surface area contributed by atoms with Gasteiger partial charge in [-0.15, -0.1) is 0 Å². The lowest BCUT2D eigenvalue weighted by atomic mass is 10.0. The molecule has 0 aliphatic heterocycles. The Balaban J connectivity index is 3.36. The highest BCUT2D eigenvalue weighted by atomic mass is 16.5. The molecule has 2 unspecified atom stereocenters. The van der Waals surface area contributed by atoms with Gasteiger partial charge < -0.3 is 20.3 Å². The molecular formula is C65H123NO5. The standard InChI is InChI=1S/C65H123NO5/c1-3-5-7-9-11-13-14-15-16-17-26-30-33-36-39-43-47-51-55-59-65(70)71-60-56-52-48-44-40-37-34-31-28-25-23-21-19-18-20-22-24-27-29-32-35-38-42-46-50-54-58-64(69)66-62(61-67)63(68)57-53-49-45-41-12-10-8-6-4-2/h15-16,18,20,53,57,62-63,67-68H,3-14,17,19,21-52,54-56,58-61H2,1-2H3,(H,66,69)/b16-15-,20-18-,57-53+. The second-order valence-electron chi connectivity index (χ2n) is 21.7. The molecule has 0 aromatic carbocycles. The summed E-state index contributed by atoms with van der Waals surface area (Å²) in [6.45, 7) is 4.88. The number of allylic oxidation sites excluding steroid dienone is 5. The highest BCUT2D eigenvalue weighted by Gasteiger charge is 2.18. The smallest absolute Gasteiger partial charge is 0.305 e. The van der Waals surface area contributed by atoms with Crippen molar-refractivity contribution in [1.29, 1.82) is 0 Å². The third-order valence-corrected chi connectivity index (χ3v) is 14.6. The van der Waals surface area contributed by atoms with Gasteiger partial charge in [-0.2, -0.15) is 0 Å². The molecule has 0 radical (unpaired) electrons. The molecule has 0 rings (SSSR count). The molecule has 6 nitrogen and oxygen atoms in total. The van der Waals surface area contributed by atoms with Gasteiger partial charge in [0.05, 0.1) is 25.4 Å². The van der Waals surface area contributed by atoms with E-state index in [-0.39, 0.29) is 18.5 Å². The van der Waals surface area contributed by atoms with Crippen molar-refractivity contribution in [1.82, 2.24) is 5.32 Å². The number of carbonyl (C=O) groups is 2. The number of amides is 1. The number of hydrogen-bond acceptors (Lipinski definition) is 5. The monoisotopic (exact) mass is 998 g/mol. The Labute approximate surface area is 443 Å². The Morgan fingerprint density at radius 1 is 0.380 bits per heavy atom. The zero-order valence-corrected chi connectivity index (χ0v) is 47.7. The van der Waals surface area contributed by atoms with Crippen molar-refractivity contribution in [2.75, 3.05) is 13.2 Å². The third kappa shape index (κ3) is 57.2. The van der Waals surface area contributed by atoms with E-state index in [0.717, 1.165) is 44.9 Å². The Bertz CT molecular complexity index is 1150. The minimum atomic E-state index is -0.843. The van der Waals surface area contributed by atoms with Gasteiger partial charge in [-0.1, -0.05) is 281 Å². The summed E-state index contributed by atoms with van der Waals surface area (Å²) in [4.78, 5) is 24.5. The predicted octanol–water partition coefficient (Wildman–Crippen LogP) is 20.0. The summed E-state index contributed by atoms with van der Waals surface area (Å²) in [6, 6.07) is -0.627. The van der Waals surface area contributed by atoms with Crippen molar-refractivity contribution in [3.8, 4) is 0 Å². The number of rotatable bonds is 59. The highest BCUT2D eigenvalue weighted by molar-refractivity contribution is 5.76. The lowest BCUT2D eigenvalue weighted by Gasteiger charge is -2.20. The van der Waals surface area contributed by atoms with E-state index >= 15 is 0 Å². The van der Waals surface area contributed by atoms with Gasteiger partial charge in [0.25, 0.3) is 0 Å². The SMILES string of the molecule is CCCCCCCC/C=C\CCCCCCCCCCCC(=O)OCCCCCCCCCCCCCC/C=C\CCCCCCCCCCCCC(=O)NC(CO)C(O)/C=C/CCCCCCCCC. The molecule has 0 aromatic rings. The van der Waals surface area contributed by atoms with Crippen LogP contribution in [0.1, 0.15) is 341 Å². The van der Waals surface area contributed by atoms with Crippen LogP contribution in [-0.2, 0) is 14.3 Å². The number of esters is 1. The van der Waals surface area contributed by atoms with Gasteiger partial charge in [-0.05, 0) is 83.5 Å². The first-order valence-corrected chi connectivity index (χ1v) is 31.8. The van der Waals surface area contributed by atoms with Crippen molar-refractivity contribution in [2.45, 2.75) is 353 Å². The normalized spacial score (nSPS) is 12.8. The van der Waals surface area contributed by atoms with Crippen LogP contribution in [0.3, 0.4) is 0 Å². The van der Waals surface area contributed by atoms with E-state index in [4.69, 9.17) is 4.74 Å². The summed E-state index contributed by atoms with van der Waals surface area (Å²) < 4.78 is 5.50. The number of aliphatic hydroxyl groups excluding tert-OH is 2. The predicted molar refractivity (Wildman–Crippen MR) is 310 cm³/mol. The van der Waals surface area contributed by atoms with Crippen LogP contribution in [0.25, 0.3) is 0 Å². The Kier molecular flexibility index (Phi) is 59.0. The fraction of sp³-hybridized carbons (Fsp3) is 0.877. The van der Waals surface area contributed by atoms with Crippen LogP contribution in [0, 0.1) is 0 Å². The van der Waals surface area contributed by atoms with Crippen LogP contribution in [0.5, 0.6) is 0 Å². The van der Waals surface area contributed by atoms with Crippen LogP contribution in [0.15, 0.2) is 36.5 Å². The van der Waals surface area contributed by atoms with Crippen LogP contribution < -0.4 is 5.32 Å². The van der Waals surface area contributed by atoms with Gasteiger partial charge in [0.2, 0.25) is 5.91 Å². The first-order chi connectivity index (χ1) is 35.0. The molecule has 0 saturated carbocycles. The number of carbonyl (C=O) groups excluding carboxylic acids is 2. The summed E-state index contributed by atoms with van der Waals surface area (Å²) in [5.74, 6) is -0.0587. The first kappa shape index (κ1) is 69.1. The summed E-state index contributed by atoms with van der Waals surface area (Å²) in [5, 5.41) is 22.9. The number of aliphatic hydroxyl groups is 2. The van der Waals surface area contributed by atoms with Crippen LogP contribution in [-0.4, -0.2) is 47.4 Å². The second-order valence-corrected chi connectivity index (χ2v) is 21.7. The molecule has 0 saturated heterocycles. The zero-order valence-electron chi connectivity index (χ0n) is 47.7. The molecule has 418 valence electrons. The quantitative estimate of drug-likeness (QED) is 0.0321.